The maximum Gasteiger partial charge on any atom is 0.234 e. The van der Waals surface area contributed by atoms with Crippen LogP contribution in [0, 0.1) is 6.92 Å². The van der Waals surface area contributed by atoms with Crippen LogP contribution in [0.3, 0.4) is 0 Å². The van der Waals surface area contributed by atoms with Gasteiger partial charge in [0.2, 0.25) is 5.78 Å². The van der Waals surface area contributed by atoms with Crippen LogP contribution in [0.5, 0.6) is 0 Å². The number of ketones is 1. The van der Waals surface area contributed by atoms with E-state index in [-0.39, 0.29) is 12.2 Å². The van der Waals surface area contributed by atoms with E-state index in [1.54, 1.807) is 11.7 Å². The molecule has 0 aliphatic carbocycles. The van der Waals surface area contributed by atoms with Crippen LogP contribution >= 0.6 is 15.9 Å². The molecule has 7 heteroatoms. The highest BCUT2D eigenvalue weighted by atomic mass is 79.9. The van der Waals surface area contributed by atoms with E-state index in [0.29, 0.717) is 17.2 Å². The smallest absolute Gasteiger partial charge is 0.234 e. The van der Waals surface area contributed by atoms with Crippen LogP contribution in [0.25, 0.3) is 17.0 Å². The molecule has 0 radical (unpaired) electrons. The van der Waals surface area contributed by atoms with E-state index < -0.39 is 0 Å². The number of rotatable bonds is 4. The lowest BCUT2D eigenvalue weighted by Crippen LogP contribution is -2.11. The van der Waals surface area contributed by atoms with Gasteiger partial charge in [0.15, 0.2) is 5.78 Å². The first kappa shape index (κ1) is 16.7. The molecular formula is C19H16BrN5O. The predicted octanol–water partition coefficient (Wildman–Crippen LogP) is 3.63. The fourth-order valence-electron chi connectivity index (χ4n) is 2.94. The van der Waals surface area contributed by atoms with Gasteiger partial charge in [-0.3, -0.25) is 13.9 Å². The molecule has 0 unspecified atom stereocenters. The Morgan fingerprint density at radius 3 is 2.62 bits per heavy atom. The van der Waals surface area contributed by atoms with Crippen molar-refractivity contribution in [2.45, 2.75) is 13.3 Å². The van der Waals surface area contributed by atoms with Crippen molar-refractivity contribution >= 4 is 27.5 Å². The number of hydrogen-bond donors (Lipinski definition) is 0. The Balaban J connectivity index is 1.64. The lowest BCUT2D eigenvalue weighted by Gasteiger charge is -2.03. The molecule has 4 rings (SSSR count). The topological polar surface area (TPSA) is 65.1 Å². The van der Waals surface area contributed by atoms with Gasteiger partial charge in [0.05, 0.1) is 28.0 Å². The molecule has 130 valence electrons. The van der Waals surface area contributed by atoms with Gasteiger partial charge in [-0.25, -0.2) is 9.97 Å². The Morgan fingerprint density at radius 2 is 1.92 bits per heavy atom. The zero-order chi connectivity index (χ0) is 18.3. The number of imidazole rings is 1. The number of aromatic nitrogens is 5. The molecule has 6 nitrogen and oxygen atoms in total. The Bertz CT molecular complexity index is 1110. The standard InChI is InChI=1S/C19H16BrN5O/c1-12-17(20)18(24(2)23-12)16(26)10-14-8-9-25-11-15(22-19(25)21-14)13-6-4-3-5-7-13/h3-9,11H,10H2,1-2H3. The molecule has 1 aromatic carbocycles. The van der Waals surface area contributed by atoms with E-state index in [4.69, 9.17) is 0 Å². The first-order valence-electron chi connectivity index (χ1n) is 8.15. The van der Waals surface area contributed by atoms with Gasteiger partial charge in [-0.1, -0.05) is 30.3 Å². The summed E-state index contributed by atoms with van der Waals surface area (Å²) >= 11 is 3.44. The molecule has 0 aliphatic heterocycles. The van der Waals surface area contributed by atoms with Gasteiger partial charge in [-0.2, -0.15) is 5.10 Å². The summed E-state index contributed by atoms with van der Waals surface area (Å²) in [6, 6.07) is 11.8. The molecule has 3 aromatic heterocycles. The highest BCUT2D eigenvalue weighted by molar-refractivity contribution is 9.10. The third kappa shape index (κ3) is 2.94. The van der Waals surface area contributed by atoms with Gasteiger partial charge >= 0.3 is 0 Å². The molecule has 26 heavy (non-hydrogen) atoms. The number of Topliss-reactive ketones (excluding diaryl/α,β-unsaturated/α-hetero) is 1. The van der Waals surface area contributed by atoms with Gasteiger partial charge in [-0.05, 0) is 28.9 Å². The summed E-state index contributed by atoms with van der Waals surface area (Å²) in [5.74, 6) is 0.543. The Morgan fingerprint density at radius 1 is 1.15 bits per heavy atom. The summed E-state index contributed by atoms with van der Waals surface area (Å²) in [5.41, 5.74) is 3.91. The molecule has 0 bridgehead atoms. The second kappa shape index (κ2) is 6.49. The number of carbonyl (C=O) groups excluding carboxylic acids is 1. The van der Waals surface area contributed by atoms with Crippen molar-refractivity contribution in [2.24, 2.45) is 7.05 Å². The molecule has 0 fully saturated rings. The van der Waals surface area contributed by atoms with Gasteiger partial charge in [-0.15, -0.1) is 0 Å². The molecule has 0 N–H and O–H groups in total. The molecule has 0 spiro atoms. The van der Waals surface area contributed by atoms with E-state index in [1.807, 2.05) is 60.1 Å². The van der Waals surface area contributed by atoms with Crippen LogP contribution in [-0.4, -0.2) is 29.9 Å². The van der Waals surface area contributed by atoms with Gasteiger partial charge in [0.25, 0.3) is 0 Å². The van der Waals surface area contributed by atoms with Crippen molar-refractivity contribution in [3.05, 3.63) is 70.3 Å². The van der Waals surface area contributed by atoms with E-state index in [0.717, 1.165) is 21.4 Å². The van der Waals surface area contributed by atoms with Crippen LogP contribution in [0.15, 0.2) is 53.3 Å². The molecule has 3 heterocycles. The second-order valence-corrected chi connectivity index (χ2v) is 6.88. The fourth-order valence-corrected chi connectivity index (χ4v) is 3.50. The summed E-state index contributed by atoms with van der Waals surface area (Å²) in [6.45, 7) is 1.86. The Hall–Kier alpha value is -2.80. The van der Waals surface area contributed by atoms with Crippen molar-refractivity contribution in [2.75, 3.05) is 0 Å². The zero-order valence-electron chi connectivity index (χ0n) is 14.3. The normalized spacial score (nSPS) is 11.2. The van der Waals surface area contributed by atoms with Gasteiger partial charge in [0.1, 0.15) is 5.69 Å². The largest absolute Gasteiger partial charge is 0.292 e. The van der Waals surface area contributed by atoms with E-state index in [1.165, 1.54) is 0 Å². The third-order valence-corrected chi connectivity index (χ3v) is 5.16. The minimum absolute atomic E-state index is 0.0355. The quantitative estimate of drug-likeness (QED) is 0.482. The summed E-state index contributed by atoms with van der Waals surface area (Å²) in [4.78, 5) is 21.8. The maximum absolute atomic E-state index is 12.7. The monoisotopic (exact) mass is 409 g/mol. The Kier molecular flexibility index (Phi) is 4.16. The van der Waals surface area contributed by atoms with Crippen LogP contribution in [0.4, 0.5) is 0 Å². The summed E-state index contributed by atoms with van der Waals surface area (Å²) in [7, 11) is 1.77. The SMILES string of the molecule is Cc1nn(C)c(C(=O)Cc2ccn3cc(-c4ccccc4)nc3n2)c1Br. The second-order valence-electron chi connectivity index (χ2n) is 6.09. The third-order valence-electron chi connectivity index (χ3n) is 4.21. The van der Waals surface area contributed by atoms with Gasteiger partial charge < -0.3 is 0 Å². The highest BCUT2D eigenvalue weighted by Gasteiger charge is 2.19. The number of hydrogen-bond acceptors (Lipinski definition) is 4. The first-order valence-corrected chi connectivity index (χ1v) is 8.94. The first-order chi connectivity index (χ1) is 12.5. The van der Waals surface area contributed by atoms with Crippen LogP contribution in [-0.2, 0) is 13.5 Å². The maximum atomic E-state index is 12.7. The van der Waals surface area contributed by atoms with Crippen LogP contribution < -0.4 is 0 Å². The molecule has 0 saturated carbocycles. The number of fused-ring (bicyclic) bond motifs is 1. The number of carbonyl (C=O) groups is 1. The fraction of sp³-hybridized carbons (Fsp3) is 0.158. The van der Waals surface area contributed by atoms with E-state index >= 15 is 0 Å². The average molecular weight is 410 g/mol. The van der Waals surface area contributed by atoms with Crippen molar-refractivity contribution < 1.29 is 4.79 Å². The summed E-state index contributed by atoms with van der Waals surface area (Å²) in [5, 5.41) is 4.27. The molecule has 0 atom stereocenters. The summed E-state index contributed by atoms with van der Waals surface area (Å²) < 4.78 is 4.20. The van der Waals surface area contributed by atoms with Crippen LogP contribution in [0.2, 0.25) is 0 Å². The Labute approximate surface area is 158 Å². The lowest BCUT2D eigenvalue weighted by molar-refractivity contribution is 0.0982. The predicted molar refractivity (Wildman–Crippen MR) is 102 cm³/mol. The number of aryl methyl sites for hydroxylation is 2. The molecular weight excluding hydrogens is 394 g/mol. The van der Waals surface area contributed by atoms with Crippen molar-refractivity contribution in [1.29, 1.82) is 0 Å². The zero-order valence-corrected chi connectivity index (χ0v) is 15.9. The van der Waals surface area contributed by atoms with Crippen molar-refractivity contribution in [3.63, 3.8) is 0 Å². The number of nitrogens with zero attached hydrogens (tertiary/aromatic N) is 5. The molecule has 0 amide bonds. The van der Waals surface area contributed by atoms with Crippen molar-refractivity contribution in [1.82, 2.24) is 24.1 Å². The minimum Gasteiger partial charge on any atom is -0.292 e. The summed E-state index contributed by atoms with van der Waals surface area (Å²) in [6.07, 6.45) is 4.01. The number of benzene rings is 1. The minimum atomic E-state index is -0.0355. The van der Waals surface area contributed by atoms with E-state index in [9.17, 15) is 4.79 Å². The lowest BCUT2D eigenvalue weighted by atomic mass is 10.1. The molecule has 0 saturated heterocycles. The molecule has 0 aliphatic rings. The van der Waals surface area contributed by atoms with Crippen molar-refractivity contribution in [3.8, 4) is 11.3 Å². The average Bonchev–Trinajstić information content (AvgIpc) is 3.16. The van der Waals surface area contributed by atoms with E-state index in [2.05, 4.69) is 31.0 Å². The van der Waals surface area contributed by atoms with Crippen LogP contribution in [0.1, 0.15) is 21.9 Å². The van der Waals surface area contributed by atoms with Gasteiger partial charge in [0, 0.05) is 25.0 Å². The molecule has 4 aromatic rings. The number of halogens is 1. The highest BCUT2D eigenvalue weighted by Crippen LogP contribution is 2.22.